The Hall–Kier alpha value is -2.83. The van der Waals surface area contributed by atoms with Gasteiger partial charge in [-0.15, -0.1) is 0 Å². The standard InChI is InChI=1S/C17H16FNO5/c1-23-15-5-4-10(7-14(15)18)19(9-11-3-2-6-24-11)16(20)12-8-13(12)17(21)22/h2-7,12-13H,8-9H2,1H3,(H,21,22). The molecule has 2 unspecified atom stereocenters. The zero-order valence-corrected chi connectivity index (χ0v) is 12.9. The lowest BCUT2D eigenvalue weighted by Gasteiger charge is -2.22. The second-order valence-electron chi connectivity index (χ2n) is 5.61. The predicted octanol–water partition coefficient (Wildman–Crippen LogP) is 2.68. The van der Waals surface area contributed by atoms with Crippen molar-refractivity contribution in [1.82, 2.24) is 0 Å². The van der Waals surface area contributed by atoms with E-state index in [0.717, 1.165) is 0 Å². The number of carbonyl (C=O) groups excluding carboxylic acids is 1. The number of hydrogen-bond acceptors (Lipinski definition) is 4. The summed E-state index contributed by atoms with van der Waals surface area (Å²) < 4.78 is 24.1. The topological polar surface area (TPSA) is 80.0 Å². The van der Waals surface area contributed by atoms with E-state index in [1.807, 2.05) is 0 Å². The van der Waals surface area contributed by atoms with Crippen LogP contribution < -0.4 is 9.64 Å². The summed E-state index contributed by atoms with van der Waals surface area (Å²) in [6.07, 6.45) is 1.77. The Balaban J connectivity index is 1.89. The van der Waals surface area contributed by atoms with Crippen molar-refractivity contribution >= 4 is 17.6 Å². The van der Waals surface area contributed by atoms with Crippen LogP contribution in [0.4, 0.5) is 10.1 Å². The molecule has 7 heteroatoms. The molecule has 1 amide bonds. The second-order valence-corrected chi connectivity index (χ2v) is 5.61. The fourth-order valence-corrected chi connectivity index (χ4v) is 2.62. The molecule has 1 N–H and O–H groups in total. The highest BCUT2D eigenvalue weighted by Gasteiger charge is 2.50. The summed E-state index contributed by atoms with van der Waals surface area (Å²) in [6, 6.07) is 7.55. The molecular weight excluding hydrogens is 317 g/mol. The Bertz CT molecular complexity index is 758. The van der Waals surface area contributed by atoms with E-state index in [9.17, 15) is 14.0 Å². The molecule has 126 valence electrons. The van der Waals surface area contributed by atoms with Crippen molar-refractivity contribution in [3.8, 4) is 5.75 Å². The van der Waals surface area contributed by atoms with E-state index in [2.05, 4.69) is 0 Å². The summed E-state index contributed by atoms with van der Waals surface area (Å²) in [4.78, 5) is 25.0. The number of rotatable bonds is 6. The molecule has 2 aromatic rings. The molecule has 1 saturated carbocycles. The molecular formula is C17H16FNO5. The van der Waals surface area contributed by atoms with Gasteiger partial charge in [0.2, 0.25) is 5.91 Å². The van der Waals surface area contributed by atoms with Crippen LogP contribution in [0, 0.1) is 17.7 Å². The van der Waals surface area contributed by atoms with Gasteiger partial charge in [-0.2, -0.15) is 0 Å². The summed E-state index contributed by atoms with van der Waals surface area (Å²) in [7, 11) is 1.35. The van der Waals surface area contributed by atoms with Gasteiger partial charge in [-0.05, 0) is 30.7 Å². The Kier molecular flexibility index (Phi) is 4.24. The fraction of sp³-hybridized carbons (Fsp3) is 0.294. The highest BCUT2D eigenvalue weighted by molar-refractivity contribution is 6.00. The smallest absolute Gasteiger partial charge is 0.307 e. The average molecular weight is 333 g/mol. The molecule has 3 rings (SSSR count). The number of carboxylic acids is 1. The first-order chi connectivity index (χ1) is 11.5. The number of aliphatic carboxylic acids is 1. The Labute approximate surface area is 137 Å². The number of methoxy groups -OCH3 is 1. The zero-order chi connectivity index (χ0) is 17.3. The summed E-state index contributed by atoms with van der Waals surface area (Å²) in [5, 5.41) is 9.03. The lowest BCUT2D eigenvalue weighted by atomic mass is 10.2. The molecule has 1 aromatic carbocycles. The van der Waals surface area contributed by atoms with Crippen LogP contribution in [-0.4, -0.2) is 24.1 Å². The minimum atomic E-state index is -0.993. The molecule has 0 saturated heterocycles. The number of furan rings is 1. The summed E-state index contributed by atoms with van der Waals surface area (Å²) in [6.45, 7) is 0.0977. The van der Waals surface area contributed by atoms with Gasteiger partial charge in [0.15, 0.2) is 11.6 Å². The third-order valence-corrected chi connectivity index (χ3v) is 4.03. The third kappa shape index (κ3) is 3.10. The van der Waals surface area contributed by atoms with Crippen molar-refractivity contribution in [3.63, 3.8) is 0 Å². The number of hydrogen-bond donors (Lipinski definition) is 1. The van der Waals surface area contributed by atoms with Crippen LogP contribution in [0.2, 0.25) is 0 Å². The first-order valence-corrected chi connectivity index (χ1v) is 7.41. The minimum absolute atomic E-state index is 0.0685. The summed E-state index contributed by atoms with van der Waals surface area (Å²) in [5.74, 6) is -2.64. The van der Waals surface area contributed by atoms with Gasteiger partial charge >= 0.3 is 5.97 Å². The van der Waals surface area contributed by atoms with E-state index in [-0.39, 0.29) is 18.2 Å². The largest absolute Gasteiger partial charge is 0.494 e. The molecule has 1 heterocycles. The minimum Gasteiger partial charge on any atom is -0.494 e. The number of benzene rings is 1. The van der Waals surface area contributed by atoms with Crippen LogP contribution in [-0.2, 0) is 16.1 Å². The van der Waals surface area contributed by atoms with Gasteiger partial charge < -0.3 is 19.2 Å². The van der Waals surface area contributed by atoms with Crippen molar-refractivity contribution < 1.29 is 28.2 Å². The molecule has 6 nitrogen and oxygen atoms in total. The molecule has 0 bridgehead atoms. The quantitative estimate of drug-likeness (QED) is 0.879. The van der Waals surface area contributed by atoms with E-state index in [0.29, 0.717) is 17.9 Å². The van der Waals surface area contributed by atoms with Crippen molar-refractivity contribution in [2.24, 2.45) is 11.8 Å². The van der Waals surface area contributed by atoms with Crippen molar-refractivity contribution in [1.29, 1.82) is 0 Å². The van der Waals surface area contributed by atoms with Crippen LogP contribution >= 0.6 is 0 Å². The number of nitrogens with zero attached hydrogens (tertiary/aromatic N) is 1. The van der Waals surface area contributed by atoms with E-state index in [4.69, 9.17) is 14.3 Å². The first kappa shape index (κ1) is 16.0. The molecule has 24 heavy (non-hydrogen) atoms. The average Bonchev–Trinajstić information content (AvgIpc) is 3.21. The van der Waals surface area contributed by atoms with Crippen LogP contribution in [0.25, 0.3) is 0 Å². The zero-order valence-electron chi connectivity index (χ0n) is 12.9. The monoisotopic (exact) mass is 333 g/mol. The summed E-state index contributed by atoms with van der Waals surface area (Å²) >= 11 is 0. The van der Waals surface area contributed by atoms with E-state index in [1.54, 1.807) is 18.2 Å². The normalized spacial score (nSPS) is 18.9. The highest BCUT2D eigenvalue weighted by atomic mass is 19.1. The maximum Gasteiger partial charge on any atom is 0.307 e. The molecule has 1 aliphatic rings. The number of amides is 1. The number of ether oxygens (including phenoxy) is 1. The molecule has 0 radical (unpaired) electrons. The lowest BCUT2D eigenvalue weighted by Crippen LogP contribution is -2.32. The maximum atomic E-state index is 14.0. The van der Waals surface area contributed by atoms with Crippen molar-refractivity contribution in [2.75, 3.05) is 12.0 Å². The lowest BCUT2D eigenvalue weighted by molar-refractivity contribution is -0.140. The second kappa shape index (κ2) is 6.35. The molecule has 1 fully saturated rings. The van der Waals surface area contributed by atoms with Gasteiger partial charge in [-0.3, -0.25) is 9.59 Å². The molecule has 1 aromatic heterocycles. The maximum absolute atomic E-state index is 14.0. The number of carboxylic acid groups (broad SMARTS) is 1. The number of halogens is 1. The first-order valence-electron chi connectivity index (χ1n) is 7.41. The van der Waals surface area contributed by atoms with Gasteiger partial charge in [0.05, 0.1) is 31.8 Å². The van der Waals surface area contributed by atoms with E-state index in [1.165, 1.54) is 30.4 Å². The molecule has 1 aliphatic carbocycles. The SMILES string of the molecule is COc1ccc(N(Cc2ccco2)C(=O)C2CC2C(=O)O)cc1F. The molecule has 0 spiro atoms. The molecule has 2 atom stereocenters. The van der Waals surface area contributed by atoms with Crippen LogP contribution in [0.15, 0.2) is 41.0 Å². The molecule has 0 aliphatic heterocycles. The van der Waals surface area contributed by atoms with Crippen LogP contribution in [0.1, 0.15) is 12.2 Å². The number of anilines is 1. The Morgan fingerprint density at radius 1 is 1.38 bits per heavy atom. The summed E-state index contributed by atoms with van der Waals surface area (Å²) in [5.41, 5.74) is 0.325. The highest BCUT2D eigenvalue weighted by Crippen LogP contribution is 2.41. The van der Waals surface area contributed by atoms with Gasteiger partial charge in [-0.25, -0.2) is 4.39 Å². The Morgan fingerprint density at radius 3 is 2.71 bits per heavy atom. The van der Waals surface area contributed by atoms with Crippen LogP contribution in [0.3, 0.4) is 0 Å². The van der Waals surface area contributed by atoms with Gasteiger partial charge in [0.25, 0.3) is 0 Å². The fourth-order valence-electron chi connectivity index (χ4n) is 2.62. The van der Waals surface area contributed by atoms with E-state index >= 15 is 0 Å². The third-order valence-electron chi connectivity index (χ3n) is 4.03. The van der Waals surface area contributed by atoms with Crippen LogP contribution in [0.5, 0.6) is 5.75 Å². The number of carbonyl (C=O) groups is 2. The van der Waals surface area contributed by atoms with Crippen molar-refractivity contribution in [3.05, 3.63) is 48.2 Å². The van der Waals surface area contributed by atoms with Crippen molar-refractivity contribution in [2.45, 2.75) is 13.0 Å². The van der Waals surface area contributed by atoms with E-state index < -0.39 is 23.6 Å². The predicted molar refractivity (Wildman–Crippen MR) is 82.1 cm³/mol. The Morgan fingerprint density at radius 2 is 2.17 bits per heavy atom. The van der Waals surface area contributed by atoms with Gasteiger partial charge in [-0.1, -0.05) is 0 Å². The van der Waals surface area contributed by atoms with Gasteiger partial charge in [0.1, 0.15) is 5.76 Å². The van der Waals surface area contributed by atoms with Gasteiger partial charge in [0, 0.05) is 11.8 Å².